The van der Waals surface area contributed by atoms with Gasteiger partial charge in [-0.15, -0.1) is 0 Å². The third kappa shape index (κ3) is 3.59. The molecule has 0 spiro atoms. The van der Waals surface area contributed by atoms with Gasteiger partial charge in [-0.2, -0.15) is 0 Å². The molecule has 0 bridgehead atoms. The standard InChI is InChI=1S/C17H12BrIN2O2/c18-14-9-13(17(22)23)15(10-16(14)21-7-1-2-8-21)20-12-5-3-11(19)4-6-12/h1-10,20H,(H,22,23). The molecule has 0 saturated carbocycles. The van der Waals surface area contributed by atoms with Crippen LogP contribution in [0.3, 0.4) is 0 Å². The topological polar surface area (TPSA) is 54.3 Å². The molecule has 4 nitrogen and oxygen atoms in total. The minimum atomic E-state index is -0.974. The summed E-state index contributed by atoms with van der Waals surface area (Å²) in [5.74, 6) is -0.974. The van der Waals surface area contributed by atoms with Crippen LogP contribution in [-0.2, 0) is 0 Å². The second-order valence-electron chi connectivity index (χ2n) is 4.88. The predicted molar refractivity (Wildman–Crippen MR) is 103 cm³/mol. The van der Waals surface area contributed by atoms with E-state index in [0.717, 1.165) is 19.4 Å². The van der Waals surface area contributed by atoms with Gasteiger partial charge in [0.1, 0.15) is 0 Å². The third-order valence-corrected chi connectivity index (χ3v) is 4.68. The average molecular weight is 483 g/mol. The van der Waals surface area contributed by atoms with E-state index < -0.39 is 5.97 Å². The van der Waals surface area contributed by atoms with E-state index in [1.165, 1.54) is 0 Å². The first-order valence-corrected chi connectivity index (χ1v) is 8.64. The number of carboxylic acid groups (broad SMARTS) is 1. The Morgan fingerprint density at radius 1 is 1.13 bits per heavy atom. The molecule has 1 heterocycles. The van der Waals surface area contributed by atoms with Crippen molar-refractivity contribution in [3.63, 3.8) is 0 Å². The Bertz CT molecular complexity index is 846. The highest BCUT2D eigenvalue weighted by molar-refractivity contribution is 14.1. The Morgan fingerprint density at radius 3 is 2.39 bits per heavy atom. The number of aromatic nitrogens is 1. The van der Waals surface area contributed by atoms with Gasteiger partial charge in [-0.05, 0) is 87.1 Å². The van der Waals surface area contributed by atoms with Crippen LogP contribution in [0.25, 0.3) is 5.69 Å². The van der Waals surface area contributed by atoms with Crippen molar-refractivity contribution >= 4 is 55.9 Å². The van der Waals surface area contributed by atoms with Crippen LogP contribution in [0, 0.1) is 3.57 Å². The molecule has 0 saturated heterocycles. The van der Waals surface area contributed by atoms with E-state index in [1.54, 1.807) is 6.07 Å². The first-order chi connectivity index (χ1) is 11.0. The van der Waals surface area contributed by atoms with Gasteiger partial charge in [0.25, 0.3) is 0 Å². The van der Waals surface area contributed by atoms with Crippen LogP contribution >= 0.6 is 38.5 Å². The largest absolute Gasteiger partial charge is 0.478 e. The Hall–Kier alpha value is -1.80. The summed E-state index contributed by atoms with van der Waals surface area (Å²) in [6.45, 7) is 0. The molecule has 2 aromatic carbocycles. The maximum absolute atomic E-state index is 11.5. The molecule has 116 valence electrons. The van der Waals surface area contributed by atoms with Crippen LogP contribution in [0.5, 0.6) is 0 Å². The zero-order valence-corrected chi connectivity index (χ0v) is 15.6. The lowest BCUT2D eigenvalue weighted by molar-refractivity contribution is 0.0698. The number of halogens is 2. The van der Waals surface area contributed by atoms with Crippen molar-refractivity contribution in [2.75, 3.05) is 5.32 Å². The molecule has 0 fully saturated rings. The van der Waals surface area contributed by atoms with E-state index in [1.807, 2.05) is 59.4 Å². The monoisotopic (exact) mass is 482 g/mol. The third-order valence-electron chi connectivity index (χ3n) is 3.32. The van der Waals surface area contributed by atoms with Gasteiger partial charge in [0.05, 0.1) is 16.9 Å². The Morgan fingerprint density at radius 2 is 1.78 bits per heavy atom. The molecule has 3 rings (SSSR count). The quantitative estimate of drug-likeness (QED) is 0.497. The number of carbonyl (C=O) groups is 1. The van der Waals surface area contributed by atoms with Crippen LogP contribution in [0.4, 0.5) is 11.4 Å². The minimum Gasteiger partial charge on any atom is -0.478 e. The van der Waals surface area contributed by atoms with Crippen LogP contribution in [0.15, 0.2) is 65.4 Å². The summed E-state index contributed by atoms with van der Waals surface area (Å²) in [5, 5.41) is 12.7. The van der Waals surface area contributed by atoms with Crippen molar-refractivity contribution < 1.29 is 9.90 Å². The Labute approximate surface area is 155 Å². The molecule has 0 atom stereocenters. The summed E-state index contributed by atoms with van der Waals surface area (Å²) in [7, 11) is 0. The SMILES string of the molecule is O=C(O)c1cc(Br)c(-n2cccc2)cc1Nc1ccc(I)cc1. The smallest absolute Gasteiger partial charge is 0.337 e. The highest BCUT2D eigenvalue weighted by Gasteiger charge is 2.15. The number of rotatable bonds is 4. The van der Waals surface area contributed by atoms with Crippen molar-refractivity contribution in [3.05, 3.63) is 74.5 Å². The number of nitrogens with zero attached hydrogens (tertiary/aromatic N) is 1. The van der Waals surface area contributed by atoms with Crippen molar-refractivity contribution in [1.82, 2.24) is 4.57 Å². The Balaban J connectivity index is 2.07. The van der Waals surface area contributed by atoms with Gasteiger partial charge < -0.3 is 15.0 Å². The van der Waals surface area contributed by atoms with E-state index in [2.05, 4.69) is 43.8 Å². The van der Waals surface area contributed by atoms with Crippen molar-refractivity contribution in [2.45, 2.75) is 0 Å². The molecular weight excluding hydrogens is 471 g/mol. The summed E-state index contributed by atoms with van der Waals surface area (Å²) in [6.07, 6.45) is 3.82. The summed E-state index contributed by atoms with van der Waals surface area (Å²) in [4.78, 5) is 11.5. The summed E-state index contributed by atoms with van der Waals surface area (Å²) < 4.78 is 3.77. The van der Waals surface area contributed by atoms with Gasteiger partial charge in [0.15, 0.2) is 0 Å². The van der Waals surface area contributed by atoms with Crippen LogP contribution in [0.2, 0.25) is 0 Å². The van der Waals surface area contributed by atoms with Gasteiger partial charge >= 0.3 is 5.97 Å². The predicted octanol–water partition coefficient (Wildman–Crippen LogP) is 5.29. The molecule has 3 aromatic rings. The molecule has 0 aliphatic heterocycles. The minimum absolute atomic E-state index is 0.214. The lowest BCUT2D eigenvalue weighted by Gasteiger charge is -2.14. The number of nitrogens with one attached hydrogen (secondary N) is 1. The van der Waals surface area contributed by atoms with Crippen LogP contribution in [-0.4, -0.2) is 15.6 Å². The summed E-state index contributed by atoms with van der Waals surface area (Å²) in [6, 6.07) is 15.1. The van der Waals surface area contributed by atoms with Crippen molar-refractivity contribution in [2.24, 2.45) is 0 Å². The van der Waals surface area contributed by atoms with E-state index in [0.29, 0.717) is 5.69 Å². The lowest BCUT2D eigenvalue weighted by Crippen LogP contribution is -2.05. The highest BCUT2D eigenvalue weighted by Crippen LogP contribution is 2.31. The van der Waals surface area contributed by atoms with Gasteiger partial charge in [-0.25, -0.2) is 4.79 Å². The Kier molecular flexibility index (Phi) is 4.72. The van der Waals surface area contributed by atoms with E-state index in [4.69, 9.17) is 0 Å². The van der Waals surface area contributed by atoms with Crippen molar-refractivity contribution in [3.8, 4) is 5.69 Å². The molecular formula is C17H12BrIN2O2. The van der Waals surface area contributed by atoms with E-state index in [-0.39, 0.29) is 5.56 Å². The number of aromatic carboxylic acids is 1. The zero-order valence-electron chi connectivity index (χ0n) is 11.8. The second-order valence-corrected chi connectivity index (χ2v) is 6.98. The number of hydrogen-bond acceptors (Lipinski definition) is 2. The molecule has 0 aliphatic carbocycles. The van der Waals surface area contributed by atoms with Gasteiger partial charge in [0, 0.05) is 26.1 Å². The number of hydrogen-bond donors (Lipinski definition) is 2. The first-order valence-electron chi connectivity index (χ1n) is 6.77. The van der Waals surface area contributed by atoms with Gasteiger partial charge in [-0.3, -0.25) is 0 Å². The zero-order chi connectivity index (χ0) is 16.4. The molecule has 23 heavy (non-hydrogen) atoms. The molecule has 0 radical (unpaired) electrons. The lowest BCUT2D eigenvalue weighted by atomic mass is 10.1. The number of benzene rings is 2. The molecule has 0 amide bonds. The van der Waals surface area contributed by atoms with E-state index in [9.17, 15) is 9.90 Å². The number of anilines is 2. The maximum atomic E-state index is 11.5. The maximum Gasteiger partial charge on any atom is 0.337 e. The summed E-state index contributed by atoms with van der Waals surface area (Å²) in [5.41, 5.74) is 2.47. The first kappa shape index (κ1) is 16.1. The molecule has 0 aliphatic rings. The van der Waals surface area contributed by atoms with Gasteiger partial charge in [-0.1, -0.05) is 0 Å². The molecule has 1 aromatic heterocycles. The van der Waals surface area contributed by atoms with Gasteiger partial charge in [0.2, 0.25) is 0 Å². The summed E-state index contributed by atoms with van der Waals surface area (Å²) >= 11 is 5.68. The fraction of sp³-hybridized carbons (Fsp3) is 0. The van der Waals surface area contributed by atoms with E-state index >= 15 is 0 Å². The second kappa shape index (κ2) is 6.76. The normalized spacial score (nSPS) is 10.5. The fourth-order valence-electron chi connectivity index (χ4n) is 2.22. The molecule has 2 N–H and O–H groups in total. The number of carboxylic acids is 1. The van der Waals surface area contributed by atoms with Crippen LogP contribution in [0.1, 0.15) is 10.4 Å². The highest BCUT2D eigenvalue weighted by atomic mass is 127. The average Bonchev–Trinajstić information content (AvgIpc) is 3.05. The van der Waals surface area contributed by atoms with Crippen LogP contribution < -0.4 is 5.32 Å². The van der Waals surface area contributed by atoms with Crippen molar-refractivity contribution in [1.29, 1.82) is 0 Å². The molecule has 6 heteroatoms. The molecule has 0 unspecified atom stereocenters. The fourth-order valence-corrected chi connectivity index (χ4v) is 3.13.